The van der Waals surface area contributed by atoms with Crippen LogP contribution in [-0.4, -0.2) is 47.8 Å². The largest absolute Gasteiger partial charge is 0.392 e. The quantitative estimate of drug-likeness (QED) is 0.742. The average Bonchev–Trinajstić information content (AvgIpc) is 3.18. The molecule has 3 rings (SSSR count). The SMILES string of the molecule is O=C(NCCc1ccc(CO)cc1)NC1CCN(C2CCCC2)CC1. The van der Waals surface area contributed by atoms with Crippen LogP contribution >= 0.6 is 0 Å². The topological polar surface area (TPSA) is 64.6 Å². The first-order chi connectivity index (χ1) is 12.2. The Morgan fingerprint density at radius 1 is 1.04 bits per heavy atom. The summed E-state index contributed by atoms with van der Waals surface area (Å²) < 4.78 is 0. The molecule has 3 N–H and O–H groups in total. The summed E-state index contributed by atoms with van der Waals surface area (Å²) in [4.78, 5) is 14.7. The van der Waals surface area contributed by atoms with Gasteiger partial charge in [-0.3, -0.25) is 0 Å². The van der Waals surface area contributed by atoms with Gasteiger partial charge in [-0.25, -0.2) is 4.79 Å². The molecule has 1 aliphatic heterocycles. The summed E-state index contributed by atoms with van der Waals surface area (Å²) in [5.41, 5.74) is 2.08. The number of hydrogen-bond acceptors (Lipinski definition) is 3. The maximum Gasteiger partial charge on any atom is 0.315 e. The Morgan fingerprint density at radius 3 is 2.32 bits per heavy atom. The van der Waals surface area contributed by atoms with Crippen LogP contribution in [0, 0.1) is 0 Å². The lowest BCUT2D eigenvalue weighted by atomic mass is 10.0. The number of rotatable bonds is 6. The van der Waals surface area contributed by atoms with E-state index in [0.717, 1.165) is 44.0 Å². The molecule has 25 heavy (non-hydrogen) atoms. The number of benzene rings is 1. The van der Waals surface area contributed by atoms with E-state index in [1.165, 1.54) is 31.2 Å². The molecule has 138 valence electrons. The molecule has 1 saturated heterocycles. The van der Waals surface area contributed by atoms with Crippen LogP contribution in [0.15, 0.2) is 24.3 Å². The number of hydrogen-bond donors (Lipinski definition) is 3. The molecule has 1 saturated carbocycles. The molecule has 1 aromatic rings. The number of carbonyl (C=O) groups is 1. The van der Waals surface area contributed by atoms with Gasteiger partial charge in [0.25, 0.3) is 0 Å². The molecule has 0 unspecified atom stereocenters. The second-order valence-electron chi connectivity index (χ2n) is 7.37. The van der Waals surface area contributed by atoms with Crippen molar-refractivity contribution in [1.29, 1.82) is 0 Å². The maximum atomic E-state index is 12.1. The summed E-state index contributed by atoms with van der Waals surface area (Å²) in [6.45, 7) is 2.94. The normalized spacial score (nSPS) is 19.9. The van der Waals surface area contributed by atoms with Crippen molar-refractivity contribution in [2.24, 2.45) is 0 Å². The fraction of sp³-hybridized carbons (Fsp3) is 0.650. The predicted octanol–water partition coefficient (Wildman–Crippen LogP) is 2.43. The van der Waals surface area contributed by atoms with E-state index in [9.17, 15) is 4.79 Å². The Kier molecular flexibility index (Phi) is 6.70. The Balaban J connectivity index is 1.31. The van der Waals surface area contributed by atoms with Crippen LogP contribution in [0.4, 0.5) is 4.79 Å². The Bertz CT molecular complexity index is 532. The van der Waals surface area contributed by atoms with E-state index in [4.69, 9.17) is 5.11 Å². The molecule has 5 nitrogen and oxygen atoms in total. The second-order valence-corrected chi connectivity index (χ2v) is 7.37. The van der Waals surface area contributed by atoms with Crippen LogP contribution in [0.3, 0.4) is 0 Å². The fourth-order valence-corrected chi connectivity index (χ4v) is 4.05. The van der Waals surface area contributed by atoms with E-state index >= 15 is 0 Å². The van der Waals surface area contributed by atoms with Crippen molar-refractivity contribution in [3.63, 3.8) is 0 Å². The van der Waals surface area contributed by atoms with Crippen molar-refractivity contribution in [2.45, 2.75) is 63.6 Å². The molecule has 2 amide bonds. The van der Waals surface area contributed by atoms with E-state index in [-0.39, 0.29) is 12.6 Å². The third-order valence-corrected chi connectivity index (χ3v) is 5.61. The lowest BCUT2D eigenvalue weighted by Crippen LogP contribution is -2.49. The second kappa shape index (κ2) is 9.20. The Labute approximate surface area is 150 Å². The van der Waals surface area contributed by atoms with Crippen LogP contribution in [0.2, 0.25) is 0 Å². The molecule has 1 aliphatic carbocycles. The van der Waals surface area contributed by atoms with Crippen molar-refractivity contribution in [1.82, 2.24) is 15.5 Å². The number of aliphatic hydroxyl groups excluding tert-OH is 1. The van der Waals surface area contributed by atoms with Gasteiger partial charge in [0.05, 0.1) is 6.61 Å². The minimum absolute atomic E-state index is 0.0497. The van der Waals surface area contributed by atoms with Crippen LogP contribution in [0.5, 0.6) is 0 Å². The number of urea groups is 1. The highest BCUT2D eigenvalue weighted by atomic mass is 16.3. The molecule has 0 radical (unpaired) electrons. The maximum absolute atomic E-state index is 12.1. The van der Waals surface area contributed by atoms with Crippen LogP contribution in [-0.2, 0) is 13.0 Å². The standard InChI is InChI=1S/C20H31N3O2/c24-15-17-7-5-16(6-8-17)9-12-21-20(25)22-18-10-13-23(14-11-18)19-3-1-2-4-19/h5-8,18-19,24H,1-4,9-15H2,(H2,21,22,25). The molecule has 0 atom stereocenters. The molecule has 1 aromatic carbocycles. The molecule has 0 bridgehead atoms. The van der Waals surface area contributed by atoms with E-state index in [1.54, 1.807) is 0 Å². The van der Waals surface area contributed by atoms with Crippen molar-refractivity contribution in [2.75, 3.05) is 19.6 Å². The van der Waals surface area contributed by atoms with E-state index < -0.39 is 0 Å². The number of carbonyl (C=O) groups excluding carboxylic acids is 1. The fourth-order valence-electron chi connectivity index (χ4n) is 4.05. The van der Waals surface area contributed by atoms with Gasteiger partial charge < -0.3 is 20.6 Å². The number of nitrogens with one attached hydrogen (secondary N) is 2. The summed E-state index contributed by atoms with van der Waals surface area (Å²) in [5, 5.41) is 15.1. The molecule has 1 heterocycles. The summed E-state index contributed by atoms with van der Waals surface area (Å²) in [6, 6.07) is 8.91. The third kappa shape index (κ3) is 5.44. The van der Waals surface area contributed by atoms with Gasteiger partial charge in [-0.2, -0.15) is 0 Å². The molecule has 2 aliphatic rings. The van der Waals surface area contributed by atoms with Crippen molar-refractivity contribution < 1.29 is 9.90 Å². The summed E-state index contributed by atoms with van der Waals surface area (Å²) in [5.74, 6) is 0. The predicted molar refractivity (Wildman–Crippen MR) is 99.5 cm³/mol. The molecule has 2 fully saturated rings. The lowest BCUT2D eigenvalue weighted by molar-refractivity contribution is 0.146. The first kappa shape index (κ1) is 18.2. The highest BCUT2D eigenvalue weighted by Crippen LogP contribution is 2.26. The van der Waals surface area contributed by atoms with E-state index in [0.29, 0.717) is 12.6 Å². The zero-order chi connectivity index (χ0) is 17.5. The van der Waals surface area contributed by atoms with Gasteiger partial charge in [0, 0.05) is 31.7 Å². The molecule has 0 spiro atoms. The zero-order valence-corrected chi connectivity index (χ0v) is 15.0. The average molecular weight is 345 g/mol. The first-order valence-corrected chi connectivity index (χ1v) is 9.71. The number of amides is 2. The molecule has 0 aromatic heterocycles. The van der Waals surface area contributed by atoms with Crippen molar-refractivity contribution in [3.8, 4) is 0 Å². The number of piperidine rings is 1. The van der Waals surface area contributed by atoms with Crippen molar-refractivity contribution >= 4 is 6.03 Å². The number of aliphatic hydroxyl groups is 1. The van der Waals surface area contributed by atoms with Gasteiger partial charge in [-0.1, -0.05) is 37.1 Å². The van der Waals surface area contributed by atoms with Crippen LogP contribution in [0.25, 0.3) is 0 Å². The van der Waals surface area contributed by atoms with Gasteiger partial charge in [-0.15, -0.1) is 0 Å². The third-order valence-electron chi connectivity index (χ3n) is 5.61. The van der Waals surface area contributed by atoms with Crippen LogP contribution in [0.1, 0.15) is 49.7 Å². The van der Waals surface area contributed by atoms with E-state index in [1.807, 2.05) is 24.3 Å². The van der Waals surface area contributed by atoms with Crippen LogP contribution < -0.4 is 10.6 Å². The number of likely N-dealkylation sites (tertiary alicyclic amines) is 1. The highest BCUT2D eigenvalue weighted by molar-refractivity contribution is 5.74. The molecular formula is C20H31N3O2. The monoisotopic (exact) mass is 345 g/mol. The summed E-state index contributed by atoms with van der Waals surface area (Å²) in [7, 11) is 0. The van der Waals surface area contributed by atoms with E-state index in [2.05, 4.69) is 15.5 Å². The first-order valence-electron chi connectivity index (χ1n) is 9.71. The zero-order valence-electron chi connectivity index (χ0n) is 15.0. The highest BCUT2D eigenvalue weighted by Gasteiger charge is 2.27. The van der Waals surface area contributed by atoms with Gasteiger partial charge >= 0.3 is 6.03 Å². The Hall–Kier alpha value is -1.59. The Morgan fingerprint density at radius 2 is 1.68 bits per heavy atom. The van der Waals surface area contributed by atoms with Gasteiger partial charge in [0.15, 0.2) is 0 Å². The number of nitrogens with zero attached hydrogens (tertiary/aromatic N) is 1. The minimum atomic E-state index is -0.0497. The molecule has 5 heteroatoms. The van der Waals surface area contributed by atoms with Gasteiger partial charge in [0.1, 0.15) is 0 Å². The van der Waals surface area contributed by atoms with Gasteiger partial charge in [-0.05, 0) is 43.2 Å². The van der Waals surface area contributed by atoms with Crippen molar-refractivity contribution in [3.05, 3.63) is 35.4 Å². The summed E-state index contributed by atoms with van der Waals surface area (Å²) >= 11 is 0. The molecular weight excluding hydrogens is 314 g/mol. The van der Waals surface area contributed by atoms with Gasteiger partial charge in [0.2, 0.25) is 0 Å². The summed E-state index contributed by atoms with van der Waals surface area (Å²) in [6.07, 6.45) is 8.41. The minimum Gasteiger partial charge on any atom is -0.392 e. The lowest BCUT2D eigenvalue weighted by Gasteiger charge is -2.36. The smallest absolute Gasteiger partial charge is 0.315 e.